The number of hydrogen-bond acceptors (Lipinski definition) is 4. The van der Waals surface area contributed by atoms with E-state index in [9.17, 15) is 4.79 Å². The minimum atomic E-state index is -0.0464. The van der Waals surface area contributed by atoms with Crippen molar-refractivity contribution < 1.29 is 9.53 Å². The number of piperazine rings is 1. The maximum atomic E-state index is 12.8. The van der Waals surface area contributed by atoms with Crippen LogP contribution in [0.3, 0.4) is 0 Å². The summed E-state index contributed by atoms with van der Waals surface area (Å²) in [7, 11) is 0. The molecule has 4 rings (SSSR count). The van der Waals surface area contributed by atoms with Gasteiger partial charge in [-0.25, -0.2) is 4.79 Å². The molecular weight excluding hydrogens is 400 g/mol. The number of nitrogens with zero attached hydrogens (tertiary/aromatic N) is 3. The van der Waals surface area contributed by atoms with Crippen LogP contribution in [0.2, 0.25) is 0 Å². The smallest absolute Gasteiger partial charge is 0.321 e. The summed E-state index contributed by atoms with van der Waals surface area (Å²) < 4.78 is 6.38. The standard InChI is InChI=1S/C26H42N4O2/c1-20(2)19-28-12-14-29(15-13-28)24-7-16-32-26(18-24)8-10-30(11-9-26)25(31)27-23-6-5-21(3)22(4)17-23/h5-6,17,20,24H,7-16,18-19H2,1-4H3,(H,27,31)/t24-/m0/s1. The Morgan fingerprint density at radius 2 is 1.81 bits per heavy atom. The van der Waals surface area contributed by atoms with E-state index in [1.807, 2.05) is 11.0 Å². The van der Waals surface area contributed by atoms with Gasteiger partial charge in [0.15, 0.2) is 0 Å². The fourth-order valence-corrected chi connectivity index (χ4v) is 5.63. The van der Waals surface area contributed by atoms with E-state index in [0.717, 1.165) is 57.0 Å². The van der Waals surface area contributed by atoms with Crippen LogP contribution < -0.4 is 5.32 Å². The zero-order chi connectivity index (χ0) is 22.7. The van der Waals surface area contributed by atoms with Crippen molar-refractivity contribution in [3.63, 3.8) is 0 Å². The van der Waals surface area contributed by atoms with Crippen LogP contribution in [-0.4, -0.2) is 84.8 Å². The second kappa shape index (κ2) is 10.1. The number of urea groups is 1. The number of amides is 2. The van der Waals surface area contributed by atoms with Crippen molar-refractivity contribution in [2.24, 2.45) is 5.92 Å². The van der Waals surface area contributed by atoms with Gasteiger partial charge < -0.3 is 19.9 Å². The quantitative estimate of drug-likeness (QED) is 0.762. The van der Waals surface area contributed by atoms with Crippen LogP contribution in [0.15, 0.2) is 18.2 Å². The Labute approximate surface area is 194 Å². The molecule has 0 saturated carbocycles. The van der Waals surface area contributed by atoms with E-state index in [1.165, 1.54) is 43.9 Å². The van der Waals surface area contributed by atoms with Crippen molar-refractivity contribution in [1.29, 1.82) is 0 Å². The van der Waals surface area contributed by atoms with Gasteiger partial charge in [-0.2, -0.15) is 0 Å². The van der Waals surface area contributed by atoms with Gasteiger partial charge in [0.25, 0.3) is 0 Å². The fraction of sp³-hybridized carbons (Fsp3) is 0.731. The molecule has 1 atom stereocenters. The first-order valence-electron chi connectivity index (χ1n) is 12.6. The molecule has 0 radical (unpaired) electrons. The molecule has 178 valence electrons. The predicted octanol–water partition coefficient (Wildman–Crippen LogP) is 4.12. The zero-order valence-electron chi connectivity index (χ0n) is 20.5. The summed E-state index contributed by atoms with van der Waals surface area (Å²) in [4.78, 5) is 20.1. The van der Waals surface area contributed by atoms with Crippen LogP contribution in [0, 0.1) is 19.8 Å². The van der Waals surface area contributed by atoms with Crippen molar-refractivity contribution in [1.82, 2.24) is 14.7 Å². The molecule has 3 heterocycles. The summed E-state index contributed by atoms with van der Waals surface area (Å²) in [5.74, 6) is 0.741. The van der Waals surface area contributed by atoms with E-state index in [1.54, 1.807) is 0 Å². The minimum absolute atomic E-state index is 0.0109. The van der Waals surface area contributed by atoms with Gasteiger partial charge in [-0.3, -0.25) is 4.90 Å². The Morgan fingerprint density at radius 1 is 1.09 bits per heavy atom. The lowest BCUT2D eigenvalue weighted by molar-refractivity contribution is -0.131. The number of anilines is 1. The summed E-state index contributed by atoms with van der Waals surface area (Å²) in [6, 6.07) is 6.74. The van der Waals surface area contributed by atoms with Crippen LogP contribution in [-0.2, 0) is 4.74 Å². The molecule has 32 heavy (non-hydrogen) atoms. The first-order valence-corrected chi connectivity index (χ1v) is 12.6. The number of piperidine rings is 1. The monoisotopic (exact) mass is 442 g/mol. The van der Waals surface area contributed by atoms with Gasteiger partial charge in [0, 0.05) is 64.1 Å². The normalized spacial score (nSPS) is 24.8. The Hall–Kier alpha value is -1.63. The highest BCUT2D eigenvalue weighted by Crippen LogP contribution is 2.37. The second-order valence-electron chi connectivity index (χ2n) is 10.6. The molecule has 6 nitrogen and oxygen atoms in total. The lowest BCUT2D eigenvalue weighted by Crippen LogP contribution is -2.57. The van der Waals surface area contributed by atoms with Gasteiger partial charge in [-0.05, 0) is 68.7 Å². The molecule has 3 aliphatic heterocycles. The number of hydrogen-bond donors (Lipinski definition) is 1. The van der Waals surface area contributed by atoms with Gasteiger partial charge in [-0.1, -0.05) is 19.9 Å². The van der Waals surface area contributed by atoms with Crippen LogP contribution in [0.5, 0.6) is 0 Å². The molecular formula is C26H42N4O2. The first-order chi connectivity index (χ1) is 15.3. The molecule has 1 aromatic rings. The molecule has 3 aliphatic rings. The Kier molecular flexibility index (Phi) is 7.43. The first kappa shape index (κ1) is 23.5. The maximum absolute atomic E-state index is 12.8. The van der Waals surface area contributed by atoms with Crippen molar-refractivity contribution >= 4 is 11.7 Å². The molecule has 1 N–H and O–H groups in total. The van der Waals surface area contributed by atoms with E-state index in [0.29, 0.717) is 6.04 Å². The third-order valence-corrected chi connectivity index (χ3v) is 7.73. The van der Waals surface area contributed by atoms with E-state index < -0.39 is 0 Å². The topological polar surface area (TPSA) is 48.1 Å². The summed E-state index contributed by atoms with van der Waals surface area (Å²) in [6.45, 7) is 17.1. The highest BCUT2D eigenvalue weighted by molar-refractivity contribution is 5.89. The van der Waals surface area contributed by atoms with Crippen molar-refractivity contribution in [3.05, 3.63) is 29.3 Å². The number of likely N-dealkylation sites (tertiary alicyclic amines) is 1. The van der Waals surface area contributed by atoms with Crippen molar-refractivity contribution in [2.45, 2.75) is 65.0 Å². The molecule has 3 saturated heterocycles. The Balaban J connectivity index is 1.27. The van der Waals surface area contributed by atoms with Gasteiger partial charge in [0.2, 0.25) is 0 Å². The highest BCUT2D eigenvalue weighted by atomic mass is 16.5. The molecule has 1 spiro atoms. The number of nitrogens with one attached hydrogen (secondary N) is 1. The highest BCUT2D eigenvalue weighted by Gasteiger charge is 2.43. The van der Waals surface area contributed by atoms with Crippen LogP contribution in [0.25, 0.3) is 0 Å². The van der Waals surface area contributed by atoms with E-state index in [-0.39, 0.29) is 11.6 Å². The number of carbonyl (C=O) groups excluding carboxylic acids is 1. The summed E-state index contributed by atoms with van der Waals surface area (Å²) in [5, 5.41) is 3.08. The molecule has 0 bridgehead atoms. The number of carbonyl (C=O) groups is 1. The summed E-state index contributed by atoms with van der Waals surface area (Å²) >= 11 is 0. The molecule has 6 heteroatoms. The zero-order valence-corrected chi connectivity index (χ0v) is 20.5. The van der Waals surface area contributed by atoms with Gasteiger partial charge in [-0.15, -0.1) is 0 Å². The fourth-order valence-electron chi connectivity index (χ4n) is 5.63. The van der Waals surface area contributed by atoms with E-state index >= 15 is 0 Å². The SMILES string of the molecule is Cc1ccc(NC(=O)N2CCC3(CC2)C[C@@H](N2CCN(CC(C)C)CC2)CCO3)cc1C. The minimum Gasteiger partial charge on any atom is -0.375 e. The van der Waals surface area contributed by atoms with Gasteiger partial charge in [0.05, 0.1) is 5.60 Å². The molecule has 0 aromatic heterocycles. The average Bonchev–Trinajstić information content (AvgIpc) is 2.77. The number of benzene rings is 1. The largest absolute Gasteiger partial charge is 0.375 e. The van der Waals surface area contributed by atoms with Gasteiger partial charge >= 0.3 is 6.03 Å². The molecule has 3 fully saturated rings. The van der Waals surface area contributed by atoms with Crippen LogP contribution in [0.4, 0.5) is 10.5 Å². The summed E-state index contributed by atoms with van der Waals surface area (Å²) in [5.41, 5.74) is 3.28. The third kappa shape index (κ3) is 5.64. The summed E-state index contributed by atoms with van der Waals surface area (Å²) in [6.07, 6.45) is 4.14. The lowest BCUT2D eigenvalue weighted by atomic mass is 9.81. The van der Waals surface area contributed by atoms with Crippen molar-refractivity contribution in [2.75, 3.05) is 57.7 Å². The molecule has 0 aliphatic carbocycles. The molecule has 2 amide bonds. The maximum Gasteiger partial charge on any atom is 0.321 e. The average molecular weight is 443 g/mol. The van der Waals surface area contributed by atoms with Crippen molar-refractivity contribution in [3.8, 4) is 0 Å². The van der Waals surface area contributed by atoms with Gasteiger partial charge in [0.1, 0.15) is 0 Å². The lowest BCUT2D eigenvalue weighted by Gasteiger charge is -2.49. The molecule has 0 unspecified atom stereocenters. The van der Waals surface area contributed by atoms with Crippen LogP contribution >= 0.6 is 0 Å². The Bertz CT molecular complexity index is 780. The number of aryl methyl sites for hydroxylation is 2. The number of rotatable bonds is 4. The third-order valence-electron chi connectivity index (χ3n) is 7.73. The van der Waals surface area contributed by atoms with E-state index in [4.69, 9.17) is 4.74 Å². The molecule has 1 aromatic carbocycles. The van der Waals surface area contributed by atoms with Crippen LogP contribution in [0.1, 0.15) is 50.7 Å². The predicted molar refractivity (Wildman–Crippen MR) is 130 cm³/mol. The number of ether oxygens (including phenoxy) is 1. The second-order valence-corrected chi connectivity index (χ2v) is 10.6. The van der Waals surface area contributed by atoms with E-state index in [2.05, 4.69) is 54.9 Å². The Morgan fingerprint density at radius 3 is 2.47 bits per heavy atom.